The Balaban J connectivity index is 1.16. The Hall–Kier alpha value is -1.47. The molecule has 0 bridgehead atoms. The number of hydrogen-bond donors (Lipinski definition) is 1. The molecule has 2 fully saturated rings. The van der Waals surface area contributed by atoms with E-state index >= 15 is 0 Å². The number of carbonyl (C=O) groups excluding carboxylic acids is 1. The van der Waals surface area contributed by atoms with E-state index in [1.54, 1.807) is 0 Å². The molecule has 5 nitrogen and oxygen atoms in total. The van der Waals surface area contributed by atoms with Gasteiger partial charge >= 0.3 is 0 Å². The molecule has 0 radical (unpaired) electrons. The van der Waals surface area contributed by atoms with Crippen molar-refractivity contribution in [3.05, 3.63) is 41.7 Å². The molecule has 2 saturated carbocycles. The van der Waals surface area contributed by atoms with E-state index in [0.29, 0.717) is 24.3 Å². The summed E-state index contributed by atoms with van der Waals surface area (Å²) in [6, 6.07) is 11.0. The lowest BCUT2D eigenvalue weighted by Crippen LogP contribution is -2.27. The lowest BCUT2D eigenvalue weighted by atomic mass is 10.2. The molecule has 0 saturated heterocycles. The first-order valence-corrected chi connectivity index (χ1v) is 11.4. The number of thioether (sulfide) groups is 2. The van der Waals surface area contributed by atoms with E-state index < -0.39 is 0 Å². The highest BCUT2D eigenvalue weighted by Gasteiger charge is 2.36. The third-order valence-corrected chi connectivity index (χ3v) is 6.53. The molecule has 1 aromatic heterocycles. The second kappa shape index (κ2) is 8.48. The predicted octanol–water partition coefficient (Wildman–Crippen LogP) is 3.63. The van der Waals surface area contributed by atoms with E-state index in [1.165, 1.54) is 43.0 Å². The lowest BCUT2D eigenvalue weighted by molar-refractivity contribution is -0.118. The van der Waals surface area contributed by atoms with Gasteiger partial charge in [0.2, 0.25) is 5.91 Å². The smallest absolute Gasteiger partial charge is 0.230 e. The first-order valence-electron chi connectivity index (χ1n) is 9.27. The van der Waals surface area contributed by atoms with Gasteiger partial charge in [-0.1, -0.05) is 42.1 Å². The fourth-order valence-electron chi connectivity index (χ4n) is 2.89. The first kappa shape index (κ1) is 17.9. The summed E-state index contributed by atoms with van der Waals surface area (Å²) >= 11 is 3.36. The molecule has 1 heterocycles. The molecule has 0 unspecified atom stereocenters. The summed E-state index contributed by atoms with van der Waals surface area (Å²) in [4.78, 5) is 12.1. The van der Waals surface area contributed by atoms with E-state index in [4.69, 9.17) is 0 Å². The molecule has 2 aromatic rings. The Morgan fingerprint density at radius 3 is 2.69 bits per heavy atom. The Kier molecular flexibility index (Phi) is 5.84. The third kappa shape index (κ3) is 4.82. The number of aromatic nitrogens is 3. The SMILES string of the molecule is O=C(CSc1nnc(C2CC2)n1C1CC1)NCCSCc1ccccc1. The average Bonchev–Trinajstić information content (AvgIpc) is 3.59. The Morgan fingerprint density at radius 2 is 1.96 bits per heavy atom. The van der Waals surface area contributed by atoms with Gasteiger partial charge in [0.15, 0.2) is 5.16 Å². The highest BCUT2D eigenvalue weighted by molar-refractivity contribution is 7.99. The molecular formula is C19H24N4OS2. The van der Waals surface area contributed by atoms with Crippen LogP contribution in [0.15, 0.2) is 35.5 Å². The van der Waals surface area contributed by atoms with Crippen molar-refractivity contribution in [2.75, 3.05) is 18.1 Å². The van der Waals surface area contributed by atoms with Crippen LogP contribution in [0.2, 0.25) is 0 Å². The molecule has 26 heavy (non-hydrogen) atoms. The van der Waals surface area contributed by atoms with Gasteiger partial charge in [-0.2, -0.15) is 11.8 Å². The average molecular weight is 389 g/mol. The highest BCUT2D eigenvalue weighted by Crippen LogP contribution is 2.45. The van der Waals surface area contributed by atoms with Gasteiger partial charge in [0.1, 0.15) is 5.82 Å². The van der Waals surface area contributed by atoms with Crippen molar-refractivity contribution in [2.24, 2.45) is 0 Å². The maximum atomic E-state index is 12.1. The van der Waals surface area contributed by atoms with E-state index in [1.807, 2.05) is 17.8 Å². The van der Waals surface area contributed by atoms with Crippen molar-refractivity contribution < 1.29 is 4.79 Å². The van der Waals surface area contributed by atoms with E-state index in [9.17, 15) is 4.79 Å². The number of hydrogen-bond acceptors (Lipinski definition) is 5. The van der Waals surface area contributed by atoms with Crippen LogP contribution in [0.25, 0.3) is 0 Å². The maximum Gasteiger partial charge on any atom is 0.230 e. The van der Waals surface area contributed by atoms with Crippen LogP contribution in [0, 0.1) is 0 Å². The van der Waals surface area contributed by atoms with Crippen molar-refractivity contribution in [3.63, 3.8) is 0 Å². The van der Waals surface area contributed by atoms with Crippen LogP contribution in [-0.4, -0.2) is 38.7 Å². The predicted molar refractivity (Wildman–Crippen MR) is 107 cm³/mol. The number of carbonyl (C=O) groups is 1. The van der Waals surface area contributed by atoms with Crippen molar-refractivity contribution in [1.29, 1.82) is 0 Å². The van der Waals surface area contributed by atoms with Gasteiger partial charge in [0.25, 0.3) is 0 Å². The molecule has 0 aliphatic heterocycles. The van der Waals surface area contributed by atoms with Gasteiger partial charge in [-0.05, 0) is 31.2 Å². The largest absolute Gasteiger partial charge is 0.355 e. The lowest BCUT2D eigenvalue weighted by Gasteiger charge is -2.08. The highest BCUT2D eigenvalue weighted by atomic mass is 32.2. The Labute approximate surface area is 162 Å². The Bertz CT molecular complexity index is 741. The Morgan fingerprint density at radius 1 is 1.15 bits per heavy atom. The van der Waals surface area contributed by atoms with Crippen LogP contribution >= 0.6 is 23.5 Å². The topological polar surface area (TPSA) is 59.8 Å². The summed E-state index contributed by atoms with van der Waals surface area (Å²) in [6.45, 7) is 0.708. The zero-order chi connectivity index (χ0) is 17.8. The number of rotatable bonds is 10. The summed E-state index contributed by atoms with van der Waals surface area (Å²) < 4.78 is 2.30. The minimum Gasteiger partial charge on any atom is -0.355 e. The van der Waals surface area contributed by atoms with Gasteiger partial charge in [0.05, 0.1) is 5.75 Å². The van der Waals surface area contributed by atoms with Crippen LogP contribution < -0.4 is 5.32 Å². The second-order valence-corrected chi connectivity index (χ2v) is 8.94. The van der Waals surface area contributed by atoms with Crippen molar-refractivity contribution >= 4 is 29.4 Å². The number of benzene rings is 1. The van der Waals surface area contributed by atoms with Gasteiger partial charge < -0.3 is 9.88 Å². The van der Waals surface area contributed by atoms with Gasteiger partial charge in [0, 0.05) is 30.0 Å². The first-order chi connectivity index (χ1) is 12.8. The van der Waals surface area contributed by atoms with Gasteiger partial charge in [-0.3, -0.25) is 4.79 Å². The molecule has 2 aliphatic rings. The molecule has 7 heteroatoms. The number of nitrogens with zero attached hydrogens (tertiary/aromatic N) is 3. The summed E-state index contributed by atoms with van der Waals surface area (Å²) in [7, 11) is 0. The van der Waals surface area contributed by atoms with Crippen LogP contribution in [0.3, 0.4) is 0 Å². The molecule has 0 spiro atoms. The molecule has 0 atom stereocenters. The molecule has 4 rings (SSSR count). The molecule has 1 amide bonds. The zero-order valence-electron chi connectivity index (χ0n) is 14.8. The number of amides is 1. The third-order valence-electron chi connectivity index (χ3n) is 4.56. The summed E-state index contributed by atoms with van der Waals surface area (Å²) in [5.41, 5.74) is 1.32. The second-order valence-electron chi connectivity index (χ2n) is 6.89. The summed E-state index contributed by atoms with van der Waals surface area (Å²) in [5, 5.41) is 12.7. The van der Waals surface area contributed by atoms with Gasteiger partial charge in [-0.25, -0.2) is 0 Å². The van der Waals surface area contributed by atoms with E-state index in [2.05, 4.69) is 44.3 Å². The van der Waals surface area contributed by atoms with Crippen molar-refractivity contribution in [1.82, 2.24) is 20.1 Å². The number of nitrogens with one attached hydrogen (secondary N) is 1. The maximum absolute atomic E-state index is 12.1. The van der Waals surface area contributed by atoms with Crippen molar-refractivity contribution in [3.8, 4) is 0 Å². The molecule has 1 N–H and O–H groups in total. The van der Waals surface area contributed by atoms with Crippen LogP contribution in [0.1, 0.15) is 49.0 Å². The minimum atomic E-state index is 0.0774. The van der Waals surface area contributed by atoms with Crippen LogP contribution in [0.5, 0.6) is 0 Å². The summed E-state index contributed by atoms with van der Waals surface area (Å²) in [6.07, 6.45) is 4.90. The van der Waals surface area contributed by atoms with Crippen LogP contribution in [0.4, 0.5) is 0 Å². The van der Waals surface area contributed by atoms with Crippen molar-refractivity contribution in [2.45, 2.75) is 48.6 Å². The molecular weight excluding hydrogens is 364 g/mol. The molecule has 2 aliphatic carbocycles. The molecule has 1 aromatic carbocycles. The fourth-order valence-corrected chi connectivity index (χ4v) is 4.55. The monoisotopic (exact) mass is 388 g/mol. The quantitative estimate of drug-likeness (QED) is 0.497. The van der Waals surface area contributed by atoms with Gasteiger partial charge in [-0.15, -0.1) is 10.2 Å². The van der Waals surface area contributed by atoms with E-state index in [0.717, 1.165) is 22.5 Å². The normalized spacial score (nSPS) is 16.6. The standard InChI is InChI=1S/C19H24N4OS2/c24-17(20-10-11-25-12-14-4-2-1-3-5-14)13-26-19-22-21-18(15-6-7-15)23(19)16-8-9-16/h1-5,15-16H,6-13H2,(H,20,24). The minimum absolute atomic E-state index is 0.0774. The summed E-state index contributed by atoms with van der Waals surface area (Å²) in [5.74, 6) is 4.16. The van der Waals surface area contributed by atoms with E-state index in [-0.39, 0.29) is 5.91 Å². The molecule has 138 valence electrons. The fraction of sp³-hybridized carbons (Fsp3) is 0.526. The zero-order valence-corrected chi connectivity index (χ0v) is 16.4. The van der Waals surface area contributed by atoms with Crippen LogP contribution in [-0.2, 0) is 10.5 Å².